The summed E-state index contributed by atoms with van der Waals surface area (Å²) in [6, 6.07) is 17.1. The first-order valence-electron chi connectivity index (χ1n) is 15.1. The fraction of sp³-hybridized carbons (Fsp3) is 0.400. The summed E-state index contributed by atoms with van der Waals surface area (Å²) < 4.78 is 15.0. The largest absolute Gasteiger partial charge is 0.508 e. The van der Waals surface area contributed by atoms with E-state index in [1.54, 1.807) is 43.3 Å². The molecule has 0 radical (unpaired) electrons. The Bertz CT molecular complexity index is 1400. The molecule has 7 nitrogen and oxygen atoms in total. The zero-order valence-corrected chi connectivity index (χ0v) is 24.5. The van der Waals surface area contributed by atoms with Crippen LogP contribution in [0.2, 0.25) is 0 Å². The molecule has 0 amide bonds. The Morgan fingerprint density at radius 3 is 1.95 bits per heavy atom. The molecule has 2 aliphatic heterocycles. The van der Waals surface area contributed by atoms with Gasteiger partial charge in [0.25, 0.3) is 0 Å². The molecule has 8 heteroatoms. The quantitative estimate of drug-likeness (QED) is 0.231. The van der Waals surface area contributed by atoms with Crippen molar-refractivity contribution in [2.24, 2.45) is 11.8 Å². The number of rotatable bonds is 10. The van der Waals surface area contributed by atoms with Gasteiger partial charge in [0.2, 0.25) is 0 Å². The molecular weight excluding hydrogens is 547 g/mol. The third-order valence-corrected chi connectivity index (χ3v) is 9.11. The van der Waals surface area contributed by atoms with Gasteiger partial charge in [-0.15, -0.1) is 0 Å². The summed E-state index contributed by atoms with van der Waals surface area (Å²) in [5.41, 5.74) is 1.62. The SMILES string of the molecule is Cc1c(F)cccc1C1[C@@H](C(=O)c2cccc(O)c2)CN(C(CCC=O)N2CCCCC2)C[C@H]1C(=O)c1cccc(O)c1. The Kier molecular flexibility index (Phi) is 9.68. The second-order valence-electron chi connectivity index (χ2n) is 11.8. The topological polar surface area (TPSA) is 98.2 Å². The molecule has 2 fully saturated rings. The molecule has 2 heterocycles. The van der Waals surface area contributed by atoms with Gasteiger partial charge in [-0.05, 0) is 80.7 Å². The predicted molar refractivity (Wildman–Crippen MR) is 162 cm³/mol. The van der Waals surface area contributed by atoms with Gasteiger partial charge in [0.1, 0.15) is 23.6 Å². The molecule has 0 saturated carbocycles. The highest BCUT2D eigenvalue weighted by molar-refractivity contribution is 6.02. The third kappa shape index (κ3) is 6.71. The Balaban J connectivity index is 1.66. The predicted octanol–water partition coefficient (Wildman–Crippen LogP) is 5.73. The van der Waals surface area contributed by atoms with Gasteiger partial charge < -0.3 is 15.0 Å². The molecule has 226 valence electrons. The van der Waals surface area contributed by atoms with Crippen LogP contribution in [0, 0.1) is 24.6 Å². The maximum absolute atomic E-state index is 15.0. The number of nitrogens with zero attached hydrogens (tertiary/aromatic N) is 2. The maximum atomic E-state index is 15.0. The lowest BCUT2D eigenvalue weighted by atomic mass is 9.67. The molecule has 2 unspecified atom stereocenters. The lowest BCUT2D eigenvalue weighted by Gasteiger charge is -2.49. The molecule has 4 atom stereocenters. The number of aldehydes is 1. The Hall–Kier alpha value is -3.88. The summed E-state index contributed by atoms with van der Waals surface area (Å²) in [6.45, 7) is 4.01. The van der Waals surface area contributed by atoms with Gasteiger partial charge in [0.15, 0.2) is 11.6 Å². The van der Waals surface area contributed by atoms with E-state index < -0.39 is 23.6 Å². The standard InChI is InChI=1S/C35H39FN2O5/c1-23-28(13-7-14-31(23)36)33-29(34(42)24-9-5-11-26(40)19-24)21-38(32(15-8-18-39)37-16-3-2-4-17-37)22-30(33)35(43)25-10-6-12-27(41)20-25/h5-7,9-14,18-20,29-30,32-33,40-41H,2-4,8,15-17,21-22H2,1H3/t29-,30+,32?,33?. The van der Waals surface area contributed by atoms with Crippen molar-refractivity contribution < 1.29 is 29.0 Å². The molecule has 2 saturated heterocycles. The van der Waals surface area contributed by atoms with E-state index in [0.29, 0.717) is 48.2 Å². The summed E-state index contributed by atoms with van der Waals surface area (Å²) in [5.74, 6) is -3.12. The number of aromatic hydroxyl groups is 2. The normalized spacial score (nSPS) is 22.1. The van der Waals surface area contributed by atoms with Crippen LogP contribution in [0.25, 0.3) is 0 Å². The van der Waals surface area contributed by atoms with Crippen LogP contribution in [0.5, 0.6) is 11.5 Å². The highest BCUT2D eigenvalue weighted by Gasteiger charge is 2.47. The van der Waals surface area contributed by atoms with Gasteiger partial charge in [-0.25, -0.2) is 4.39 Å². The summed E-state index contributed by atoms with van der Waals surface area (Å²) in [6.07, 6.45) is 4.87. The Morgan fingerprint density at radius 1 is 0.860 bits per heavy atom. The summed E-state index contributed by atoms with van der Waals surface area (Å²) in [5, 5.41) is 20.4. The summed E-state index contributed by atoms with van der Waals surface area (Å²) in [4.78, 5) is 44.8. The molecule has 0 aromatic heterocycles. The van der Waals surface area contributed by atoms with Crippen molar-refractivity contribution in [1.29, 1.82) is 0 Å². The number of piperidine rings is 2. The Labute approximate surface area is 251 Å². The molecule has 5 rings (SSSR count). The smallest absolute Gasteiger partial charge is 0.167 e. The van der Waals surface area contributed by atoms with Crippen molar-refractivity contribution in [3.05, 3.63) is 94.8 Å². The number of halogens is 1. The van der Waals surface area contributed by atoms with Crippen LogP contribution in [-0.4, -0.2) is 70.2 Å². The van der Waals surface area contributed by atoms with Crippen LogP contribution in [-0.2, 0) is 4.79 Å². The summed E-state index contributed by atoms with van der Waals surface area (Å²) in [7, 11) is 0. The van der Waals surface area contributed by atoms with E-state index in [1.807, 2.05) is 0 Å². The molecule has 43 heavy (non-hydrogen) atoms. The lowest BCUT2D eigenvalue weighted by Crippen LogP contribution is -2.58. The number of hydrogen-bond acceptors (Lipinski definition) is 7. The zero-order chi connectivity index (χ0) is 30.5. The van der Waals surface area contributed by atoms with Crippen molar-refractivity contribution >= 4 is 17.9 Å². The molecule has 0 aliphatic carbocycles. The van der Waals surface area contributed by atoms with Crippen molar-refractivity contribution in [2.45, 2.75) is 51.1 Å². The van der Waals surface area contributed by atoms with E-state index in [4.69, 9.17) is 0 Å². The van der Waals surface area contributed by atoms with Gasteiger partial charge in [0, 0.05) is 48.4 Å². The maximum Gasteiger partial charge on any atom is 0.167 e. The fourth-order valence-electron chi connectivity index (χ4n) is 7.02. The van der Waals surface area contributed by atoms with Gasteiger partial charge in [-0.2, -0.15) is 0 Å². The molecule has 0 spiro atoms. The lowest BCUT2D eigenvalue weighted by molar-refractivity contribution is -0.108. The first-order chi connectivity index (χ1) is 20.8. The van der Waals surface area contributed by atoms with E-state index in [9.17, 15) is 24.6 Å². The van der Waals surface area contributed by atoms with Gasteiger partial charge in [-0.3, -0.25) is 19.4 Å². The van der Waals surface area contributed by atoms with Crippen LogP contribution in [0.1, 0.15) is 69.9 Å². The average Bonchev–Trinajstić information content (AvgIpc) is 3.02. The minimum Gasteiger partial charge on any atom is -0.508 e. The van der Waals surface area contributed by atoms with E-state index in [1.165, 1.54) is 30.3 Å². The number of likely N-dealkylation sites (tertiary alicyclic amines) is 2. The van der Waals surface area contributed by atoms with Crippen LogP contribution in [0.3, 0.4) is 0 Å². The molecule has 0 bridgehead atoms. The summed E-state index contributed by atoms with van der Waals surface area (Å²) >= 11 is 0. The number of hydrogen-bond donors (Lipinski definition) is 2. The first-order valence-corrected chi connectivity index (χ1v) is 15.1. The Morgan fingerprint density at radius 2 is 1.42 bits per heavy atom. The first kappa shape index (κ1) is 30.6. The van der Waals surface area contributed by atoms with Crippen LogP contribution >= 0.6 is 0 Å². The average molecular weight is 587 g/mol. The van der Waals surface area contributed by atoms with E-state index in [2.05, 4.69) is 9.80 Å². The van der Waals surface area contributed by atoms with E-state index in [0.717, 1.165) is 38.6 Å². The van der Waals surface area contributed by atoms with E-state index >= 15 is 4.39 Å². The van der Waals surface area contributed by atoms with Crippen LogP contribution in [0.4, 0.5) is 4.39 Å². The molecule has 2 N–H and O–H groups in total. The molecule has 3 aromatic carbocycles. The number of benzene rings is 3. The third-order valence-electron chi connectivity index (χ3n) is 9.11. The van der Waals surface area contributed by atoms with Gasteiger partial charge in [-0.1, -0.05) is 42.8 Å². The number of ketones is 2. The number of carbonyl (C=O) groups is 3. The number of carbonyl (C=O) groups excluding carboxylic acids is 3. The van der Waals surface area contributed by atoms with Crippen molar-refractivity contribution in [3.63, 3.8) is 0 Å². The number of phenols is 2. The monoisotopic (exact) mass is 586 g/mol. The van der Waals surface area contributed by atoms with Gasteiger partial charge >= 0.3 is 0 Å². The van der Waals surface area contributed by atoms with Crippen molar-refractivity contribution in [2.75, 3.05) is 26.2 Å². The second kappa shape index (κ2) is 13.6. The van der Waals surface area contributed by atoms with Crippen molar-refractivity contribution in [3.8, 4) is 11.5 Å². The minimum atomic E-state index is -0.745. The minimum absolute atomic E-state index is 0.0402. The second-order valence-corrected chi connectivity index (χ2v) is 11.8. The van der Waals surface area contributed by atoms with Crippen LogP contribution in [0.15, 0.2) is 66.7 Å². The van der Waals surface area contributed by atoms with Gasteiger partial charge in [0.05, 0.1) is 6.17 Å². The molecular formula is C35H39FN2O5. The number of Topliss-reactive ketones (excluding diaryl/α,β-unsaturated/α-hetero) is 2. The highest BCUT2D eigenvalue weighted by Crippen LogP contribution is 2.44. The zero-order valence-electron chi connectivity index (χ0n) is 24.5. The van der Waals surface area contributed by atoms with Crippen molar-refractivity contribution in [1.82, 2.24) is 9.80 Å². The molecule has 3 aromatic rings. The van der Waals surface area contributed by atoms with E-state index in [-0.39, 0.29) is 29.2 Å². The van der Waals surface area contributed by atoms with Crippen LogP contribution < -0.4 is 0 Å². The fourth-order valence-corrected chi connectivity index (χ4v) is 7.02. The molecule has 2 aliphatic rings. The number of phenolic OH excluding ortho intramolecular Hbond substituents is 2. The highest BCUT2D eigenvalue weighted by atomic mass is 19.1.